The van der Waals surface area contributed by atoms with Gasteiger partial charge in [-0.2, -0.15) is 0 Å². The number of fused-ring (bicyclic) bond motifs is 1. The molecule has 0 radical (unpaired) electrons. The number of rotatable bonds is 3. The number of carbonyl (C=O) groups excluding carboxylic acids is 2. The second-order valence-corrected chi connectivity index (χ2v) is 6.22. The highest BCUT2D eigenvalue weighted by molar-refractivity contribution is 6.22. The monoisotopic (exact) mass is 297 g/mol. The Morgan fingerprint density at radius 2 is 1.95 bits per heavy atom. The molecular formula is C17H19N3O2. The second kappa shape index (κ2) is 5.25. The molecule has 1 aromatic heterocycles. The van der Waals surface area contributed by atoms with Crippen molar-refractivity contribution in [1.29, 1.82) is 0 Å². The first-order valence-electron chi connectivity index (χ1n) is 7.92. The molecule has 1 atom stereocenters. The number of imide groups is 1. The van der Waals surface area contributed by atoms with Crippen LogP contribution in [0.5, 0.6) is 0 Å². The molecule has 5 heteroatoms. The van der Waals surface area contributed by atoms with Crippen molar-refractivity contribution in [3.05, 3.63) is 30.5 Å². The van der Waals surface area contributed by atoms with Crippen molar-refractivity contribution in [1.82, 2.24) is 10.3 Å². The van der Waals surface area contributed by atoms with E-state index in [4.69, 9.17) is 0 Å². The molecule has 1 saturated heterocycles. The number of anilines is 1. The topological polar surface area (TPSA) is 65.2 Å². The van der Waals surface area contributed by atoms with Gasteiger partial charge in [-0.05, 0) is 36.4 Å². The molecule has 114 valence electrons. The number of hydrogen-bond acceptors (Lipinski definition) is 3. The zero-order valence-electron chi connectivity index (χ0n) is 12.3. The first kappa shape index (κ1) is 13.5. The van der Waals surface area contributed by atoms with E-state index in [2.05, 4.69) is 10.3 Å². The van der Waals surface area contributed by atoms with Gasteiger partial charge in [0.25, 0.3) is 5.91 Å². The van der Waals surface area contributed by atoms with Crippen LogP contribution in [-0.2, 0) is 9.59 Å². The molecule has 5 nitrogen and oxygen atoms in total. The Balaban J connectivity index is 1.58. The van der Waals surface area contributed by atoms with Gasteiger partial charge in [0.1, 0.15) is 0 Å². The number of nitrogens with zero attached hydrogens (tertiary/aromatic N) is 1. The van der Waals surface area contributed by atoms with E-state index in [1.165, 1.54) is 17.7 Å². The van der Waals surface area contributed by atoms with Gasteiger partial charge in [0.2, 0.25) is 5.91 Å². The van der Waals surface area contributed by atoms with Gasteiger partial charge in [-0.1, -0.05) is 18.9 Å². The third-order valence-corrected chi connectivity index (χ3v) is 4.74. The van der Waals surface area contributed by atoms with Gasteiger partial charge in [0, 0.05) is 17.8 Å². The number of carbonyl (C=O) groups is 2. The Hall–Kier alpha value is -2.14. The third-order valence-electron chi connectivity index (χ3n) is 4.74. The Bertz CT molecular complexity index is 730. The summed E-state index contributed by atoms with van der Waals surface area (Å²) in [6.45, 7) is 0. The number of aromatic nitrogens is 1. The lowest BCUT2D eigenvalue weighted by molar-refractivity contribution is -0.121. The standard InChI is InChI=1S/C17H19N3O2/c21-16-10-15(19-12-3-1-2-4-12)17(22)20(16)13-6-5-11-7-8-18-14(11)9-13/h5-9,12,15,18-19H,1-4,10H2. The summed E-state index contributed by atoms with van der Waals surface area (Å²) < 4.78 is 0. The molecule has 1 aliphatic carbocycles. The van der Waals surface area contributed by atoms with Gasteiger partial charge >= 0.3 is 0 Å². The molecule has 1 aromatic carbocycles. The largest absolute Gasteiger partial charge is 0.361 e. The SMILES string of the molecule is O=C1CC(NC2CCCC2)C(=O)N1c1ccc2cc[nH]c2c1. The van der Waals surface area contributed by atoms with Crippen LogP contribution in [-0.4, -0.2) is 28.9 Å². The maximum atomic E-state index is 12.6. The Morgan fingerprint density at radius 3 is 2.77 bits per heavy atom. The van der Waals surface area contributed by atoms with Crippen LogP contribution in [0.1, 0.15) is 32.1 Å². The molecule has 0 spiro atoms. The van der Waals surface area contributed by atoms with Gasteiger partial charge in [-0.15, -0.1) is 0 Å². The maximum absolute atomic E-state index is 12.6. The molecule has 2 N–H and O–H groups in total. The predicted octanol–water partition coefficient (Wildman–Crippen LogP) is 2.33. The van der Waals surface area contributed by atoms with E-state index in [1.54, 1.807) is 0 Å². The predicted molar refractivity (Wildman–Crippen MR) is 84.6 cm³/mol. The summed E-state index contributed by atoms with van der Waals surface area (Å²) in [5.41, 5.74) is 1.59. The molecule has 22 heavy (non-hydrogen) atoms. The minimum Gasteiger partial charge on any atom is -0.361 e. The first-order chi connectivity index (χ1) is 10.7. The normalized spacial score (nSPS) is 23.1. The van der Waals surface area contributed by atoms with E-state index >= 15 is 0 Å². The summed E-state index contributed by atoms with van der Waals surface area (Å²) in [6.07, 6.45) is 6.74. The van der Waals surface area contributed by atoms with E-state index in [0.29, 0.717) is 11.7 Å². The number of hydrogen-bond donors (Lipinski definition) is 2. The van der Waals surface area contributed by atoms with Crippen molar-refractivity contribution in [2.75, 3.05) is 4.90 Å². The minimum absolute atomic E-state index is 0.119. The lowest BCUT2D eigenvalue weighted by atomic mass is 10.2. The van der Waals surface area contributed by atoms with Crippen LogP contribution in [0.4, 0.5) is 5.69 Å². The van der Waals surface area contributed by atoms with E-state index in [1.807, 2.05) is 30.5 Å². The van der Waals surface area contributed by atoms with Crippen LogP contribution in [0.3, 0.4) is 0 Å². The lowest BCUT2D eigenvalue weighted by Crippen LogP contribution is -2.42. The summed E-state index contributed by atoms with van der Waals surface area (Å²) in [5.74, 6) is -0.241. The first-order valence-corrected chi connectivity index (χ1v) is 7.92. The Labute approximate surface area is 128 Å². The van der Waals surface area contributed by atoms with Gasteiger partial charge in [-0.25, -0.2) is 4.90 Å². The van der Waals surface area contributed by atoms with Crippen molar-refractivity contribution in [3.8, 4) is 0 Å². The van der Waals surface area contributed by atoms with E-state index < -0.39 is 0 Å². The van der Waals surface area contributed by atoms with Gasteiger partial charge in [0.15, 0.2) is 0 Å². The molecule has 1 aliphatic heterocycles. The van der Waals surface area contributed by atoms with Crippen molar-refractivity contribution in [2.45, 2.75) is 44.2 Å². The zero-order chi connectivity index (χ0) is 15.1. The molecule has 4 rings (SSSR count). The van der Waals surface area contributed by atoms with E-state index in [0.717, 1.165) is 23.7 Å². The molecule has 0 bridgehead atoms. The quantitative estimate of drug-likeness (QED) is 0.855. The highest BCUT2D eigenvalue weighted by atomic mass is 16.2. The van der Waals surface area contributed by atoms with Crippen LogP contribution in [0.2, 0.25) is 0 Å². The number of aromatic amines is 1. The molecule has 1 saturated carbocycles. The average molecular weight is 297 g/mol. The van der Waals surface area contributed by atoms with E-state index in [9.17, 15) is 9.59 Å². The molecule has 2 aliphatic rings. The molecule has 1 unspecified atom stereocenters. The number of amides is 2. The number of H-pyrrole nitrogens is 1. The van der Waals surface area contributed by atoms with Gasteiger partial charge in [0.05, 0.1) is 18.2 Å². The molecule has 2 heterocycles. The highest BCUT2D eigenvalue weighted by Gasteiger charge is 2.40. The maximum Gasteiger partial charge on any atom is 0.251 e. The Kier molecular flexibility index (Phi) is 3.22. The summed E-state index contributed by atoms with van der Waals surface area (Å²) >= 11 is 0. The van der Waals surface area contributed by atoms with Crippen LogP contribution in [0.15, 0.2) is 30.5 Å². The third kappa shape index (κ3) is 2.22. The Morgan fingerprint density at radius 1 is 1.14 bits per heavy atom. The smallest absolute Gasteiger partial charge is 0.251 e. The number of nitrogens with one attached hydrogen (secondary N) is 2. The van der Waals surface area contributed by atoms with Crippen molar-refractivity contribution < 1.29 is 9.59 Å². The zero-order valence-corrected chi connectivity index (χ0v) is 12.3. The molecule has 2 fully saturated rings. The second-order valence-electron chi connectivity index (χ2n) is 6.22. The summed E-state index contributed by atoms with van der Waals surface area (Å²) in [4.78, 5) is 29.4. The van der Waals surface area contributed by atoms with Gasteiger partial charge < -0.3 is 10.3 Å². The van der Waals surface area contributed by atoms with Crippen molar-refractivity contribution in [3.63, 3.8) is 0 Å². The summed E-state index contributed by atoms with van der Waals surface area (Å²) in [6, 6.07) is 7.62. The fourth-order valence-corrected chi connectivity index (χ4v) is 3.59. The summed E-state index contributed by atoms with van der Waals surface area (Å²) in [5, 5.41) is 4.44. The fraction of sp³-hybridized carbons (Fsp3) is 0.412. The van der Waals surface area contributed by atoms with E-state index in [-0.39, 0.29) is 24.3 Å². The minimum atomic E-state index is -0.366. The molecule has 2 amide bonds. The van der Waals surface area contributed by atoms with Crippen LogP contribution in [0.25, 0.3) is 10.9 Å². The van der Waals surface area contributed by atoms with Crippen molar-refractivity contribution >= 4 is 28.4 Å². The number of benzene rings is 1. The average Bonchev–Trinajstić information content (AvgIpc) is 3.21. The van der Waals surface area contributed by atoms with Crippen molar-refractivity contribution in [2.24, 2.45) is 0 Å². The van der Waals surface area contributed by atoms with Crippen LogP contribution >= 0.6 is 0 Å². The fourth-order valence-electron chi connectivity index (χ4n) is 3.59. The lowest BCUT2D eigenvalue weighted by Gasteiger charge is -2.18. The highest BCUT2D eigenvalue weighted by Crippen LogP contribution is 2.27. The molecular weight excluding hydrogens is 278 g/mol. The van der Waals surface area contributed by atoms with Gasteiger partial charge in [-0.3, -0.25) is 9.59 Å². The molecule has 2 aromatic rings. The van der Waals surface area contributed by atoms with Crippen LogP contribution < -0.4 is 10.2 Å². The summed E-state index contributed by atoms with van der Waals surface area (Å²) in [7, 11) is 0. The van der Waals surface area contributed by atoms with Crippen LogP contribution in [0, 0.1) is 0 Å².